The van der Waals surface area contributed by atoms with Crippen LogP contribution in [0.3, 0.4) is 0 Å². The Morgan fingerprint density at radius 2 is 0.768 bits per heavy atom. The molecule has 10 aromatic carbocycles. The molecule has 3 aromatic heterocycles. The molecule has 13 aromatic rings. The number of rotatable bonds is 9. The van der Waals surface area contributed by atoms with Gasteiger partial charge in [-0.25, -0.2) is 15.0 Å². The molecule has 0 N–H and O–H groups in total. The third-order valence-electron chi connectivity index (χ3n) is 13.6. The Kier molecular flexibility index (Phi) is 9.77. The summed E-state index contributed by atoms with van der Waals surface area (Å²) in [6.07, 6.45) is 0. The molecule has 0 aliphatic carbocycles. The predicted molar refractivity (Wildman–Crippen MR) is 287 cm³/mol. The molecule has 5 nitrogen and oxygen atoms in total. The van der Waals surface area contributed by atoms with Gasteiger partial charge in [-0.15, -0.1) is 0 Å². The predicted octanol–water partition coefficient (Wildman–Crippen LogP) is 12.9. The van der Waals surface area contributed by atoms with Crippen molar-refractivity contribution in [3.8, 4) is 51.0 Å². The van der Waals surface area contributed by atoms with Crippen molar-refractivity contribution in [3.63, 3.8) is 0 Å². The Morgan fingerprint density at radius 1 is 0.319 bits per heavy atom. The SMILES string of the molecule is c1ccc([Si](c2ccccc2)(c2ccccc2)c2cccc(-c3nc(-c4ccc(-c5cccc6c5oc5ccccc56)cc4)nc(-c4cccc(-n5c6ccccc6c6ccccc65)c4)n3)c2)cc1. The largest absolute Gasteiger partial charge is 0.455 e. The molecule has 0 bridgehead atoms. The topological polar surface area (TPSA) is 56.7 Å². The van der Waals surface area contributed by atoms with Gasteiger partial charge in [0.2, 0.25) is 0 Å². The van der Waals surface area contributed by atoms with Crippen LogP contribution in [0.1, 0.15) is 0 Å². The average molecular weight is 899 g/mol. The Morgan fingerprint density at radius 3 is 1.38 bits per heavy atom. The van der Waals surface area contributed by atoms with Crippen LogP contribution in [0.25, 0.3) is 94.7 Å². The summed E-state index contributed by atoms with van der Waals surface area (Å²) in [6.45, 7) is 0. The van der Waals surface area contributed by atoms with Crippen molar-refractivity contribution >= 4 is 72.6 Å². The van der Waals surface area contributed by atoms with Gasteiger partial charge in [-0.1, -0.05) is 224 Å². The Balaban J connectivity index is 0.996. The van der Waals surface area contributed by atoms with Gasteiger partial charge in [0.05, 0.1) is 11.0 Å². The minimum atomic E-state index is -2.85. The molecule has 0 unspecified atom stereocenters. The minimum absolute atomic E-state index is 0.592. The Bertz CT molecular complexity index is 3860. The van der Waals surface area contributed by atoms with Gasteiger partial charge < -0.3 is 8.98 Å². The summed E-state index contributed by atoms with van der Waals surface area (Å²) in [5, 5.41) is 9.78. The lowest BCUT2D eigenvalue weighted by molar-refractivity contribution is 0.670. The number of aromatic nitrogens is 4. The van der Waals surface area contributed by atoms with E-state index >= 15 is 0 Å². The zero-order valence-electron chi connectivity index (χ0n) is 37.4. The number of para-hydroxylation sites is 4. The van der Waals surface area contributed by atoms with E-state index in [0.717, 1.165) is 66.5 Å². The first kappa shape index (κ1) is 40.3. The molecule has 69 heavy (non-hydrogen) atoms. The van der Waals surface area contributed by atoms with Gasteiger partial charge in [0.15, 0.2) is 25.5 Å². The van der Waals surface area contributed by atoms with Gasteiger partial charge in [-0.2, -0.15) is 0 Å². The molecule has 3 heterocycles. The first-order valence-corrected chi connectivity index (χ1v) is 25.3. The number of fused-ring (bicyclic) bond motifs is 6. The molecule has 13 rings (SSSR count). The number of nitrogens with zero attached hydrogens (tertiary/aromatic N) is 4. The van der Waals surface area contributed by atoms with Crippen LogP contribution in [-0.2, 0) is 0 Å². The van der Waals surface area contributed by atoms with E-state index in [0.29, 0.717) is 17.5 Å². The second-order valence-corrected chi connectivity index (χ2v) is 21.3. The van der Waals surface area contributed by atoms with E-state index in [2.05, 4.69) is 247 Å². The van der Waals surface area contributed by atoms with E-state index in [1.165, 1.54) is 31.5 Å². The summed E-state index contributed by atoms with van der Waals surface area (Å²) in [5.74, 6) is 1.79. The lowest BCUT2D eigenvalue weighted by atomic mass is 10.0. The standard InChI is InChI=1S/C63H42N4OSi/c1-4-22-48(23-5-1)69(49-24-6-2-7-25-49,50-26-8-3-9-27-50)51-28-17-20-46(42-51)63-65-61(44-39-37-43(38-40-44)52-32-18-33-56-55-31-12-15-36-59(55)68-60(52)56)64-62(66-63)45-19-16-21-47(41-45)67-57-34-13-10-29-53(57)54-30-11-14-35-58(54)67/h1-42H. The van der Waals surface area contributed by atoms with E-state index in [1.54, 1.807) is 0 Å². The number of furan rings is 1. The summed E-state index contributed by atoms with van der Waals surface area (Å²) in [7, 11) is -2.85. The van der Waals surface area contributed by atoms with Crippen molar-refractivity contribution in [3.05, 3.63) is 255 Å². The maximum atomic E-state index is 6.45. The normalized spacial score (nSPS) is 11.8. The zero-order valence-corrected chi connectivity index (χ0v) is 38.4. The third kappa shape index (κ3) is 6.80. The second kappa shape index (κ2) is 16.7. The number of benzene rings is 10. The highest BCUT2D eigenvalue weighted by Gasteiger charge is 2.41. The zero-order chi connectivity index (χ0) is 45.7. The first-order valence-electron chi connectivity index (χ1n) is 23.3. The lowest BCUT2D eigenvalue weighted by Crippen LogP contribution is -2.74. The van der Waals surface area contributed by atoms with E-state index in [9.17, 15) is 0 Å². The van der Waals surface area contributed by atoms with E-state index in [1.807, 2.05) is 12.1 Å². The quantitative estimate of drug-likeness (QED) is 0.107. The number of hydrogen-bond acceptors (Lipinski definition) is 4. The van der Waals surface area contributed by atoms with Crippen LogP contribution in [0, 0.1) is 0 Å². The molecule has 6 heteroatoms. The molecule has 0 radical (unpaired) electrons. The maximum Gasteiger partial charge on any atom is 0.179 e. The molecular weight excluding hydrogens is 857 g/mol. The fourth-order valence-corrected chi connectivity index (χ4v) is 15.3. The van der Waals surface area contributed by atoms with Crippen molar-refractivity contribution < 1.29 is 4.42 Å². The minimum Gasteiger partial charge on any atom is -0.455 e. The Labute approximate surface area is 400 Å². The average Bonchev–Trinajstić information content (AvgIpc) is 3.98. The van der Waals surface area contributed by atoms with Gasteiger partial charge >= 0.3 is 0 Å². The lowest BCUT2D eigenvalue weighted by Gasteiger charge is -2.34. The number of hydrogen-bond donors (Lipinski definition) is 0. The fourth-order valence-electron chi connectivity index (χ4n) is 10.5. The van der Waals surface area contributed by atoms with Crippen molar-refractivity contribution in [1.29, 1.82) is 0 Å². The molecule has 0 aliphatic rings. The van der Waals surface area contributed by atoms with E-state index < -0.39 is 8.07 Å². The van der Waals surface area contributed by atoms with Gasteiger partial charge in [0.25, 0.3) is 0 Å². The van der Waals surface area contributed by atoms with Crippen molar-refractivity contribution in [2.75, 3.05) is 0 Å². The highest BCUT2D eigenvalue weighted by Crippen LogP contribution is 2.37. The van der Waals surface area contributed by atoms with Gasteiger partial charge in [0.1, 0.15) is 11.2 Å². The monoisotopic (exact) mass is 898 g/mol. The van der Waals surface area contributed by atoms with Crippen LogP contribution in [0.5, 0.6) is 0 Å². The molecule has 0 fully saturated rings. The van der Waals surface area contributed by atoms with Gasteiger partial charge in [0, 0.05) is 49.5 Å². The van der Waals surface area contributed by atoms with Crippen LogP contribution in [0.2, 0.25) is 0 Å². The van der Waals surface area contributed by atoms with Crippen LogP contribution < -0.4 is 20.7 Å². The van der Waals surface area contributed by atoms with Crippen LogP contribution >= 0.6 is 0 Å². The molecule has 0 aliphatic heterocycles. The van der Waals surface area contributed by atoms with Crippen molar-refractivity contribution in [2.24, 2.45) is 0 Å². The van der Waals surface area contributed by atoms with Gasteiger partial charge in [-0.05, 0) is 56.6 Å². The van der Waals surface area contributed by atoms with Gasteiger partial charge in [-0.3, -0.25) is 0 Å². The van der Waals surface area contributed by atoms with Crippen molar-refractivity contribution in [1.82, 2.24) is 19.5 Å². The van der Waals surface area contributed by atoms with Crippen LogP contribution in [0.15, 0.2) is 259 Å². The summed E-state index contributed by atoms with van der Waals surface area (Å²) < 4.78 is 8.79. The summed E-state index contributed by atoms with van der Waals surface area (Å²) in [5.41, 5.74) is 9.86. The van der Waals surface area contributed by atoms with E-state index in [4.69, 9.17) is 19.4 Å². The Hall–Kier alpha value is -8.97. The third-order valence-corrected chi connectivity index (χ3v) is 18.4. The molecule has 0 saturated heterocycles. The molecule has 0 amide bonds. The smallest absolute Gasteiger partial charge is 0.179 e. The molecule has 0 spiro atoms. The molecule has 0 atom stereocenters. The molecule has 0 saturated carbocycles. The highest BCUT2D eigenvalue weighted by atomic mass is 28.3. The summed E-state index contributed by atoms with van der Waals surface area (Å²) in [6, 6.07) is 90.8. The van der Waals surface area contributed by atoms with Crippen LogP contribution in [-0.4, -0.2) is 27.6 Å². The highest BCUT2D eigenvalue weighted by molar-refractivity contribution is 7.19. The molecular formula is C63H42N4OSi. The van der Waals surface area contributed by atoms with E-state index in [-0.39, 0.29) is 0 Å². The summed E-state index contributed by atoms with van der Waals surface area (Å²) >= 11 is 0. The van der Waals surface area contributed by atoms with Crippen LogP contribution in [0.4, 0.5) is 0 Å². The summed E-state index contributed by atoms with van der Waals surface area (Å²) in [4.78, 5) is 16.0. The maximum absolute atomic E-state index is 6.45. The second-order valence-electron chi connectivity index (χ2n) is 17.5. The first-order chi connectivity index (χ1) is 34.2. The molecule has 324 valence electrons. The van der Waals surface area contributed by atoms with Crippen molar-refractivity contribution in [2.45, 2.75) is 0 Å². The fraction of sp³-hybridized carbons (Fsp3) is 0.